The first-order valence-electron chi connectivity index (χ1n) is 4.73. The molecule has 0 amide bonds. The fourth-order valence-electron chi connectivity index (χ4n) is 1.26. The molecule has 1 aromatic rings. The second-order valence-electron chi connectivity index (χ2n) is 3.46. The molecule has 2 atom stereocenters. The van der Waals surface area contributed by atoms with Crippen molar-refractivity contribution in [3.05, 3.63) is 35.1 Å². The van der Waals surface area contributed by atoms with Crippen molar-refractivity contribution >= 4 is 27.7 Å². The van der Waals surface area contributed by atoms with Crippen molar-refractivity contribution in [2.24, 2.45) is 0 Å². The van der Waals surface area contributed by atoms with Gasteiger partial charge in [-0.2, -0.15) is 0 Å². The van der Waals surface area contributed by atoms with E-state index in [2.05, 4.69) is 15.9 Å². The summed E-state index contributed by atoms with van der Waals surface area (Å²) in [7, 11) is 0. The van der Waals surface area contributed by atoms with Gasteiger partial charge in [0.2, 0.25) is 0 Å². The van der Waals surface area contributed by atoms with Crippen LogP contribution in [-0.4, -0.2) is 26.8 Å². The van der Waals surface area contributed by atoms with Crippen LogP contribution in [0.2, 0.25) is 0 Å². The quantitative estimate of drug-likeness (QED) is 0.658. The molecule has 0 radical (unpaired) electrons. The average Bonchev–Trinajstić information content (AvgIpc) is 2.27. The maximum atomic E-state index is 13.4. The molecule has 17 heavy (non-hydrogen) atoms. The lowest BCUT2D eigenvalue weighted by Gasteiger charge is -2.09. The third-order valence-corrected chi connectivity index (χ3v) is 2.58. The van der Waals surface area contributed by atoms with Gasteiger partial charge in [0, 0.05) is 0 Å². The number of carbonyl (C=O) groups excluding carboxylic acids is 1. The zero-order valence-electron chi connectivity index (χ0n) is 8.85. The summed E-state index contributed by atoms with van der Waals surface area (Å²) < 4.78 is 13.4. The lowest BCUT2D eigenvalue weighted by Crippen LogP contribution is -2.15. The normalized spacial score (nSPS) is 14.1. The summed E-state index contributed by atoms with van der Waals surface area (Å²) in [4.78, 5) is 21.6. The molecular formula is C11H10BrFO4. The summed E-state index contributed by atoms with van der Waals surface area (Å²) in [6, 6.07) is 3.14. The number of ketones is 1. The van der Waals surface area contributed by atoms with E-state index in [9.17, 15) is 19.1 Å². The van der Waals surface area contributed by atoms with Crippen molar-refractivity contribution < 1.29 is 24.2 Å². The van der Waals surface area contributed by atoms with E-state index in [0.29, 0.717) is 0 Å². The lowest BCUT2D eigenvalue weighted by molar-refractivity contribution is -0.146. The number of carboxylic acid groups (broad SMARTS) is 1. The van der Waals surface area contributed by atoms with Crippen LogP contribution in [0.5, 0.6) is 0 Å². The van der Waals surface area contributed by atoms with E-state index in [1.807, 2.05) is 0 Å². The van der Waals surface area contributed by atoms with Crippen LogP contribution < -0.4 is 0 Å². The van der Waals surface area contributed by atoms with E-state index in [1.54, 1.807) is 0 Å². The van der Waals surface area contributed by atoms with Crippen LogP contribution in [0.3, 0.4) is 0 Å². The lowest BCUT2D eigenvalue weighted by atomic mass is 10.0. The number of benzene rings is 1. The smallest absolute Gasteiger partial charge is 0.337 e. The number of carbonyl (C=O) groups is 2. The van der Waals surface area contributed by atoms with Crippen LogP contribution in [0.25, 0.3) is 0 Å². The molecule has 92 valence electrons. The number of aliphatic hydroxyl groups is 1. The molecule has 6 heteroatoms. The van der Waals surface area contributed by atoms with Crippen molar-refractivity contribution in [3.63, 3.8) is 0 Å². The highest BCUT2D eigenvalue weighted by atomic mass is 79.9. The average molecular weight is 305 g/mol. The number of aliphatic carboxylic acids is 1. The summed E-state index contributed by atoms with van der Waals surface area (Å²) in [6.45, 7) is 1.53. The Morgan fingerprint density at radius 1 is 1.41 bits per heavy atom. The molecule has 0 bridgehead atoms. The number of aliphatic hydroxyl groups excluding tert-OH is 1. The largest absolute Gasteiger partial charge is 0.479 e. The molecule has 0 aliphatic heterocycles. The van der Waals surface area contributed by atoms with Gasteiger partial charge in [0.1, 0.15) is 5.82 Å². The van der Waals surface area contributed by atoms with Gasteiger partial charge in [0.05, 0.1) is 10.4 Å². The summed E-state index contributed by atoms with van der Waals surface area (Å²) >= 11 is 3.01. The fraction of sp³-hybridized carbons (Fsp3) is 0.273. The van der Waals surface area contributed by atoms with Gasteiger partial charge in [-0.1, -0.05) is 22.0 Å². The molecule has 4 nitrogen and oxygen atoms in total. The van der Waals surface area contributed by atoms with Crippen LogP contribution in [0.1, 0.15) is 28.9 Å². The van der Waals surface area contributed by atoms with Crippen molar-refractivity contribution in [3.8, 4) is 0 Å². The molecule has 0 fully saturated rings. The highest BCUT2D eigenvalue weighted by Crippen LogP contribution is 2.20. The summed E-state index contributed by atoms with van der Waals surface area (Å²) in [5.74, 6) is -2.72. The minimum Gasteiger partial charge on any atom is -0.479 e. The number of alkyl halides is 1. The van der Waals surface area contributed by atoms with Gasteiger partial charge in [-0.3, -0.25) is 4.79 Å². The second-order valence-corrected chi connectivity index (χ2v) is 4.83. The monoisotopic (exact) mass is 304 g/mol. The van der Waals surface area contributed by atoms with Gasteiger partial charge >= 0.3 is 5.97 Å². The number of carboxylic acids is 1. The molecular weight excluding hydrogens is 295 g/mol. The minimum atomic E-state index is -1.77. The Labute approximate surface area is 105 Å². The van der Waals surface area contributed by atoms with Gasteiger partial charge < -0.3 is 10.2 Å². The molecule has 1 aromatic carbocycles. The Kier molecular flexibility index (Phi) is 4.36. The van der Waals surface area contributed by atoms with Crippen molar-refractivity contribution in [2.45, 2.75) is 17.9 Å². The number of halogens is 2. The minimum absolute atomic E-state index is 0.0320. The third kappa shape index (κ3) is 3.10. The van der Waals surface area contributed by atoms with E-state index in [0.717, 1.165) is 18.2 Å². The van der Waals surface area contributed by atoms with Gasteiger partial charge in [0.25, 0.3) is 0 Å². The van der Waals surface area contributed by atoms with Crippen LogP contribution in [-0.2, 0) is 4.79 Å². The van der Waals surface area contributed by atoms with E-state index < -0.39 is 28.5 Å². The Bertz CT molecular complexity index is 459. The standard InChI is InChI=1S/C11H10BrFO4/c1-5(12)9(14)7-4-6(2-3-8(7)13)10(15)11(16)17/h2-5,10,15H,1H3,(H,16,17). The first-order chi connectivity index (χ1) is 7.84. The van der Waals surface area contributed by atoms with Crippen LogP contribution in [0, 0.1) is 5.82 Å². The third-order valence-electron chi connectivity index (χ3n) is 2.17. The van der Waals surface area contributed by atoms with Crippen LogP contribution in [0.4, 0.5) is 4.39 Å². The molecule has 0 aliphatic carbocycles. The summed E-state index contributed by atoms with van der Waals surface area (Å²) in [5.41, 5.74) is -0.275. The van der Waals surface area contributed by atoms with Gasteiger partial charge in [-0.15, -0.1) is 0 Å². The predicted octanol–water partition coefficient (Wildman–Crippen LogP) is 1.91. The Hall–Kier alpha value is -1.27. The van der Waals surface area contributed by atoms with E-state index in [-0.39, 0.29) is 11.1 Å². The SMILES string of the molecule is CC(Br)C(=O)c1cc(C(O)C(=O)O)ccc1F. The van der Waals surface area contributed by atoms with Crippen LogP contribution in [0.15, 0.2) is 18.2 Å². The van der Waals surface area contributed by atoms with Gasteiger partial charge in [-0.05, 0) is 24.6 Å². The number of hydrogen-bond acceptors (Lipinski definition) is 3. The molecule has 0 spiro atoms. The van der Waals surface area contributed by atoms with Crippen molar-refractivity contribution in [1.29, 1.82) is 0 Å². The first-order valence-corrected chi connectivity index (χ1v) is 5.64. The molecule has 0 saturated heterocycles. The maximum absolute atomic E-state index is 13.4. The molecule has 2 N–H and O–H groups in total. The Morgan fingerprint density at radius 3 is 2.47 bits per heavy atom. The van der Waals surface area contributed by atoms with Crippen molar-refractivity contribution in [2.75, 3.05) is 0 Å². The first kappa shape index (κ1) is 13.8. The fourth-order valence-corrected chi connectivity index (χ4v) is 1.51. The maximum Gasteiger partial charge on any atom is 0.337 e. The van der Waals surface area contributed by atoms with Gasteiger partial charge in [-0.25, -0.2) is 9.18 Å². The zero-order valence-corrected chi connectivity index (χ0v) is 10.4. The zero-order chi connectivity index (χ0) is 13.2. The molecule has 0 heterocycles. The highest BCUT2D eigenvalue weighted by Gasteiger charge is 2.21. The van der Waals surface area contributed by atoms with E-state index in [1.165, 1.54) is 6.92 Å². The molecule has 1 rings (SSSR count). The van der Waals surface area contributed by atoms with Gasteiger partial charge in [0.15, 0.2) is 11.9 Å². The predicted molar refractivity (Wildman–Crippen MR) is 61.7 cm³/mol. The van der Waals surface area contributed by atoms with E-state index in [4.69, 9.17) is 5.11 Å². The summed E-state index contributed by atoms with van der Waals surface area (Å²) in [6.07, 6.45) is -1.77. The summed E-state index contributed by atoms with van der Waals surface area (Å²) in [5, 5.41) is 17.9. The topological polar surface area (TPSA) is 74.6 Å². The highest BCUT2D eigenvalue weighted by molar-refractivity contribution is 9.10. The number of rotatable bonds is 4. The van der Waals surface area contributed by atoms with E-state index >= 15 is 0 Å². The van der Waals surface area contributed by atoms with Crippen LogP contribution >= 0.6 is 15.9 Å². The molecule has 0 saturated carbocycles. The number of Topliss-reactive ketones (excluding diaryl/α,β-unsaturated/α-hetero) is 1. The Morgan fingerprint density at radius 2 is 2.00 bits per heavy atom. The Balaban J connectivity index is 3.19. The molecule has 0 aromatic heterocycles. The second kappa shape index (κ2) is 5.37. The number of hydrogen-bond donors (Lipinski definition) is 2. The van der Waals surface area contributed by atoms with Crippen molar-refractivity contribution in [1.82, 2.24) is 0 Å². The molecule has 0 aliphatic rings. The molecule has 2 unspecified atom stereocenters.